The van der Waals surface area contributed by atoms with Gasteiger partial charge < -0.3 is 9.88 Å². The second-order valence-electron chi connectivity index (χ2n) is 7.13. The van der Waals surface area contributed by atoms with Gasteiger partial charge in [-0.3, -0.25) is 23.5 Å². The molecule has 0 radical (unpaired) electrons. The molecule has 11 heteroatoms. The average molecular weight is 399 g/mol. The number of fused-ring (bicyclic) bond motifs is 2. The predicted octanol–water partition coefficient (Wildman–Crippen LogP) is -1.70. The molecule has 1 N–H and O–H groups in total. The van der Waals surface area contributed by atoms with Gasteiger partial charge in [0.2, 0.25) is 5.91 Å². The van der Waals surface area contributed by atoms with Gasteiger partial charge in [-0.15, -0.1) is 0 Å². The van der Waals surface area contributed by atoms with Crippen LogP contribution in [0.3, 0.4) is 0 Å². The molecule has 0 fully saturated rings. The van der Waals surface area contributed by atoms with E-state index in [1.807, 2.05) is 0 Å². The molecule has 3 aromatic rings. The molecule has 0 spiro atoms. The Morgan fingerprint density at radius 3 is 2.76 bits per heavy atom. The van der Waals surface area contributed by atoms with Crippen LogP contribution in [0.1, 0.15) is 17.7 Å². The van der Waals surface area contributed by atoms with Gasteiger partial charge in [0.1, 0.15) is 6.54 Å². The number of carbonyl (C=O) groups is 1. The molecule has 0 aromatic carbocycles. The van der Waals surface area contributed by atoms with Crippen LogP contribution in [0.5, 0.6) is 0 Å². The summed E-state index contributed by atoms with van der Waals surface area (Å²) in [6.45, 7) is 0.364. The minimum Gasteiger partial charge on any atom is -0.353 e. The molecule has 29 heavy (non-hydrogen) atoms. The lowest BCUT2D eigenvalue weighted by Gasteiger charge is -2.09. The zero-order valence-corrected chi connectivity index (χ0v) is 16.2. The van der Waals surface area contributed by atoms with E-state index in [2.05, 4.69) is 15.4 Å². The highest BCUT2D eigenvalue weighted by Crippen LogP contribution is 2.16. The first-order valence-corrected chi connectivity index (χ1v) is 9.34. The van der Waals surface area contributed by atoms with Gasteiger partial charge in [-0.2, -0.15) is 5.10 Å². The topological polar surface area (TPSA) is 126 Å². The normalized spacial score (nSPS) is 13.0. The van der Waals surface area contributed by atoms with E-state index in [9.17, 15) is 19.2 Å². The van der Waals surface area contributed by atoms with Gasteiger partial charge in [0.05, 0.1) is 18.6 Å². The number of imidazole rings is 1. The van der Waals surface area contributed by atoms with E-state index in [-0.39, 0.29) is 42.3 Å². The molecule has 0 saturated heterocycles. The van der Waals surface area contributed by atoms with E-state index in [0.717, 1.165) is 35.1 Å². The first-order chi connectivity index (χ1) is 13.9. The van der Waals surface area contributed by atoms with Gasteiger partial charge in [0, 0.05) is 26.7 Å². The van der Waals surface area contributed by atoms with Crippen LogP contribution in [0.25, 0.3) is 11.2 Å². The van der Waals surface area contributed by atoms with E-state index in [4.69, 9.17) is 0 Å². The van der Waals surface area contributed by atoms with E-state index in [0.29, 0.717) is 0 Å². The van der Waals surface area contributed by atoms with Crippen molar-refractivity contribution in [3.63, 3.8) is 0 Å². The third kappa shape index (κ3) is 3.28. The van der Waals surface area contributed by atoms with Crippen LogP contribution in [0, 0.1) is 0 Å². The van der Waals surface area contributed by atoms with Crippen molar-refractivity contribution in [2.24, 2.45) is 14.1 Å². The summed E-state index contributed by atoms with van der Waals surface area (Å²) in [5.41, 5.74) is 1.19. The van der Waals surface area contributed by atoms with E-state index in [1.165, 1.54) is 34.2 Å². The lowest BCUT2D eigenvalue weighted by Crippen LogP contribution is -2.38. The van der Waals surface area contributed by atoms with Crippen molar-refractivity contribution >= 4 is 17.1 Å². The minimum absolute atomic E-state index is 0.129. The van der Waals surface area contributed by atoms with Crippen molar-refractivity contribution in [3.8, 4) is 0 Å². The van der Waals surface area contributed by atoms with Crippen molar-refractivity contribution in [3.05, 3.63) is 54.8 Å². The maximum Gasteiger partial charge on any atom is 0.332 e. The third-order valence-corrected chi connectivity index (χ3v) is 5.20. The molecule has 11 nitrogen and oxygen atoms in total. The van der Waals surface area contributed by atoms with E-state index >= 15 is 0 Å². The number of hydrogen-bond donors (Lipinski definition) is 1. The maximum absolute atomic E-state index is 12.4. The molecule has 1 aliphatic rings. The Kier molecular flexibility index (Phi) is 4.65. The molecule has 1 aliphatic carbocycles. The lowest BCUT2D eigenvalue weighted by molar-refractivity contribution is -0.121. The fourth-order valence-corrected chi connectivity index (χ4v) is 3.63. The summed E-state index contributed by atoms with van der Waals surface area (Å²) >= 11 is 0. The number of hydrogen-bond acceptors (Lipinski definition) is 6. The summed E-state index contributed by atoms with van der Waals surface area (Å²) < 4.78 is 5.01. The van der Waals surface area contributed by atoms with Crippen LogP contribution in [-0.4, -0.2) is 40.9 Å². The Morgan fingerprint density at radius 1 is 1.17 bits per heavy atom. The molecule has 3 heterocycles. The average Bonchev–Trinajstić information content (AvgIpc) is 3.31. The van der Waals surface area contributed by atoms with E-state index in [1.54, 1.807) is 6.07 Å². The molecule has 4 rings (SSSR count). The summed E-state index contributed by atoms with van der Waals surface area (Å²) in [5.74, 6) is -0.339. The van der Waals surface area contributed by atoms with E-state index < -0.39 is 11.2 Å². The highest BCUT2D eigenvalue weighted by atomic mass is 16.2. The second kappa shape index (κ2) is 7.15. The molecular formula is C18H21N7O4. The Hall–Kier alpha value is -3.50. The molecule has 0 bridgehead atoms. The minimum atomic E-state index is -0.512. The standard InChI is InChI=1S/C18H21N7O4/c1-22-16-15(17(28)23(2)18(22)29)24(10-20-16)9-13(26)19-6-7-25-14(27)8-11-4-3-5-12(11)21-25/h8,10H,3-7,9H2,1-2H3,(H,19,26). The summed E-state index contributed by atoms with van der Waals surface area (Å²) in [4.78, 5) is 52.9. The van der Waals surface area contributed by atoms with Crippen LogP contribution in [0.15, 0.2) is 26.8 Å². The van der Waals surface area contributed by atoms with Crippen LogP contribution in [0.4, 0.5) is 0 Å². The lowest BCUT2D eigenvalue weighted by atomic mass is 10.2. The van der Waals surface area contributed by atoms with Crippen LogP contribution < -0.4 is 22.1 Å². The van der Waals surface area contributed by atoms with Gasteiger partial charge in [-0.25, -0.2) is 14.5 Å². The van der Waals surface area contributed by atoms with Gasteiger partial charge in [0.25, 0.3) is 11.1 Å². The van der Waals surface area contributed by atoms with Crippen LogP contribution in [0.2, 0.25) is 0 Å². The molecule has 152 valence electrons. The summed E-state index contributed by atoms with van der Waals surface area (Å²) in [5, 5.41) is 7.09. The fraction of sp³-hybridized carbons (Fsp3) is 0.444. The molecule has 0 saturated carbocycles. The molecule has 0 aliphatic heterocycles. The Balaban J connectivity index is 1.45. The number of amides is 1. The summed E-state index contributed by atoms with van der Waals surface area (Å²) in [6, 6.07) is 1.62. The van der Waals surface area contributed by atoms with Crippen molar-refractivity contribution in [2.75, 3.05) is 6.54 Å². The number of rotatable bonds is 5. The quantitative estimate of drug-likeness (QED) is 0.545. The third-order valence-electron chi connectivity index (χ3n) is 5.20. The monoisotopic (exact) mass is 399 g/mol. The maximum atomic E-state index is 12.4. The van der Waals surface area contributed by atoms with Gasteiger partial charge >= 0.3 is 5.69 Å². The van der Waals surface area contributed by atoms with Gasteiger partial charge in [-0.1, -0.05) is 0 Å². The van der Waals surface area contributed by atoms with Crippen molar-refractivity contribution in [1.82, 2.24) is 33.8 Å². The number of nitrogens with one attached hydrogen (secondary N) is 1. The van der Waals surface area contributed by atoms with Crippen molar-refractivity contribution in [2.45, 2.75) is 32.4 Å². The molecular weight excluding hydrogens is 378 g/mol. The molecule has 0 atom stereocenters. The highest BCUT2D eigenvalue weighted by Gasteiger charge is 2.17. The first kappa shape index (κ1) is 18.8. The number of carbonyl (C=O) groups excluding carboxylic acids is 1. The zero-order valence-electron chi connectivity index (χ0n) is 16.2. The number of aromatic nitrogens is 6. The highest BCUT2D eigenvalue weighted by molar-refractivity contribution is 5.78. The molecule has 3 aromatic heterocycles. The Bertz CT molecular complexity index is 1290. The van der Waals surface area contributed by atoms with Gasteiger partial charge in [-0.05, 0) is 24.8 Å². The SMILES string of the molecule is Cn1c(=O)c2c(ncn2CC(=O)NCCn2nc3c(cc2=O)CCC3)n(C)c1=O. The summed E-state index contributed by atoms with van der Waals surface area (Å²) in [7, 11) is 2.89. The van der Waals surface area contributed by atoms with Crippen LogP contribution in [-0.2, 0) is 44.8 Å². The fourth-order valence-electron chi connectivity index (χ4n) is 3.63. The number of aryl methyl sites for hydroxylation is 3. The smallest absolute Gasteiger partial charge is 0.332 e. The largest absolute Gasteiger partial charge is 0.353 e. The predicted molar refractivity (Wildman–Crippen MR) is 104 cm³/mol. The summed E-state index contributed by atoms with van der Waals surface area (Å²) in [6.07, 6.45) is 4.12. The molecule has 0 unspecified atom stereocenters. The zero-order chi connectivity index (χ0) is 20.7. The number of nitrogens with zero attached hydrogens (tertiary/aromatic N) is 6. The molecule has 1 amide bonds. The second-order valence-corrected chi connectivity index (χ2v) is 7.13. The van der Waals surface area contributed by atoms with Gasteiger partial charge in [0.15, 0.2) is 11.2 Å². The first-order valence-electron chi connectivity index (χ1n) is 9.34. The Morgan fingerprint density at radius 2 is 1.97 bits per heavy atom. The van der Waals surface area contributed by atoms with Crippen molar-refractivity contribution in [1.29, 1.82) is 0 Å². The van der Waals surface area contributed by atoms with Crippen LogP contribution >= 0.6 is 0 Å². The Labute approximate surface area is 164 Å². The van der Waals surface area contributed by atoms with Crippen molar-refractivity contribution < 1.29 is 4.79 Å².